The molecule has 12 heteroatoms. The number of morpholine rings is 1. The monoisotopic (exact) mass is 547 g/mol. The Hall–Kier alpha value is -4.42. The number of nitrogens with one attached hydrogen (secondary N) is 2. The molecule has 0 bridgehead atoms. The molecule has 1 fully saturated rings. The van der Waals surface area contributed by atoms with Crippen LogP contribution in [0.2, 0.25) is 0 Å². The number of anilines is 5. The molecular weight excluding hydrogens is 514 g/mol. The molecule has 2 N–H and O–H groups in total. The van der Waals surface area contributed by atoms with Crippen molar-refractivity contribution in [1.82, 2.24) is 15.4 Å². The molecule has 2 aliphatic heterocycles. The first-order valence-electron chi connectivity index (χ1n) is 13.3. The van der Waals surface area contributed by atoms with Gasteiger partial charge in [0.15, 0.2) is 0 Å². The van der Waals surface area contributed by atoms with Gasteiger partial charge in [-0.25, -0.2) is 15.3 Å². The van der Waals surface area contributed by atoms with Crippen molar-refractivity contribution in [2.75, 3.05) is 66.6 Å². The van der Waals surface area contributed by atoms with E-state index in [1.807, 2.05) is 19.1 Å². The van der Waals surface area contributed by atoms with E-state index in [4.69, 9.17) is 14.3 Å². The Morgan fingerprint density at radius 1 is 1.07 bits per heavy atom. The first kappa shape index (κ1) is 27.2. The van der Waals surface area contributed by atoms with Crippen molar-refractivity contribution in [1.29, 1.82) is 0 Å². The number of hydrogen-bond acceptors (Lipinski definition) is 9. The molecule has 0 aliphatic carbocycles. The summed E-state index contributed by atoms with van der Waals surface area (Å²) in [7, 11) is 1.51. The van der Waals surface area contributed by atoms with Gasteiger partial charge in [-0.05, 0) is 50.2 Å². The maximum Gasteiger partial charge on any atom is 0.330 e. The minimum atomic E-state index is -0.434. The number of carbonyl (C=O) groups is 2. The van der Waals surface area contributed by atoms with Crippen molar-refractivity contribution >= 4 is 40.8 Å². The third kappa shape index (κ3) is 5.77. The first-order valence-corrected chi connectivity index (χ1v) is 13.3. The van der Waals surface area contributed by atoms with Gasteiger partial charge in [-0.15, -0.1) is 0 Å². The van der Waals surface area contributed by atoms with Crippen molar-refractivity contribution in [3.63, 3.8) is 0 Å². The zero-order chi connectivity index (χ0) is 28.1. The summed E-state index contributed by atoms with van der Waals surface area (Å²) in [6.45, 7) is 7.82. The summed E-state index contributed by atoms with van der Waals surface area (Å²) in [6.07, 6.45) is 1.72. The summed E-state index contributed by atoms with van der Waals surface area (Å²) in [4.78, 5) is 45.9. The Morgan fingerprint density at radius 3 is 2.55 bits per heavy atom. The highest BCUT2D eigenvalue weighted by Crippen LogP contribution is 2.33. The Bertz CT molecular complexity index is 1360. The first-order chi connectivity index (χ1) is 19.5. The van der Waals surface area contributed by atoms with Crippen LogP contribution in [0.1, 0.15) is 29.8 Å². The second-order valence-electron chi connectivity index (χ2n) is 9.21. The van der Waals surface area contributed by atoms with Gasteiger partial charge in [0.1, 0.15) is 11.6 Å². The number of urea groups is 1. The lowest BCUT2D eigenvalue weighted by Crippen LogP contribution is -2.48. The molecule has 1 saturated heterocycles. The van der Waals surface area contributed by atoms with E-state index in [9.17, 15) is 9.59 Å². The second-order valence-corrected chi connectivity index (χ2v) is 9.21. The van der Waals surface area contributed by atoms with Gasteiger partial charge in [-0.2, -0.15) is 4.98 Å². The summed E-state index contributed by atoms with van der Waals surface area (Å²) in [5, 5.41) is 3.25. The summed E-state index contributed by atoms with van der Waals surface area (Å²) >= 11 is 0. The molecule has 2 aromatic carbocycles. The fraction of sp³-hybridized carbons (Fsp3) is 0.357. The Morgan fingerprint density at radius 2 is 1.85 bits per heavy atom. The van der Waals surface area contributed by atoms with Gasteiger partial charge in [0.25, 0.3) is 5.91 Å². The molecule has 0 radical (unpaired) electrons. The summed E-state index contributed by atoms with van der Waals surface area (Å²) in [5.74, 6) is 0.949. The molecule has 2 aliphatic rings. The van der Waals surface area contributed by atoms with Crippen LogP contribution in [0, 0.1) is 0 Å². The van der Waals surface area contributed by atoms with Gasteiger partial charge in [0.05, 0.1) is 39.2 Å². The van der Waals surface area contributed by atoms with Gasteiger partial charge < -0.3 is 19.7 Å². The number of carbonyl (C=O) groups excluding carboxylic acids is 2. The van der Waals surface area contributed by atoms with Gasteiger partial charge in [0.2, 0.25) is 5.95 Å². The number of benzene rings is 2. The molecule has 3 aromatic rings. The molecule has 1 aromatic heterocycles. The van der Waals surface area contributed by atoms with Crippen LogP contribution in [0.25, 0.3) is 0 Å². The van der Waals surface area contributed by atoms with Crippen LogP contribution in [0.4, 0.5) is 33.6 Å². The molecule has 5 rings (SSSR count). The van der Waals surface area contributed by atoms with Crippen molar-refractivity contribution in [3.05, 3.63) is 59.8 Å². The number of hydroxylamine groups is 1. The average Bonchev–Trinajstić information content (AvgIpc) is 3.00. The van der Waals surface area contributed by atoms with E-state index in [1.54, 1.807) is 41.1 Å². The molecule has 210 valence electrons. The number of rotatable bonds is 9. The number of nitrogens with zero attached hydrogens (tertiary/aromatic N) is 5. The summed E-state index contributed by atoms with van der Waals surface area (Å²) in [5.41, 5.74) is 5.96. The highest BCUT2D eigenvalue weighted by molar-refractivity contribution is 6.06. The highest BCUT2D eigenvalue weighted by Gasteiger charge is 2.33. The fourth-order valence-corrected chi connectivity index (χ4v) is 4.66. The largest absolute Gasteiger partial charge is 0.497 e. The van der Waals surface area contributed by atoms with Gasteiger partial charge in [-0.1, -0.05) is 0 Å². The van der Waals surface area contributed by atoms with Gasteiger partial charge in [-0.3, -0.25) is 19.4 Å². The average molecular weight is 548 g/mol. The molecule has 0 unspecified atom stereocenters. The predicted molar refractivity (Wildman–Crippen MR) is 151 cm³/mol. The molecule has 3 heterocycles. The lowest BCUT2D eigenvalue weighted by molar-refractivity contribution is 0.0364. The summed E-state index contributed by atoms with van der Waals surface area (Å²) in [6, 6.07) is 12.8. The molecule has 0 spiro atoms. The zero-order valence-corrected chi connectivity index (χ0v) is 22.8. The van der Waals surface area contributed by atoms with E-state index in [0.717, 1.165) is 43.2 Å². The maximum absolute atomic E-state index is 13.6. The number of fused-ring (bicyclic) bond motifs is 1. The number of amides is 3. The van der Waals surface area contributed by atoms with Crippen LogP contribution in [0.5, 0.6) is 5.75 Å². The Balaban J connectivity index is 1.37. The van der Waals surface area contributed by atoms with E-state index < -0.39 is 5.91 Å². The van der Waals surface area contributed by atoms with Crippen molar-refractivity contribution in [2.45, 2.75) is 20.4 Å². The third-order valence-electron chi connectivity index (χ3n) is 6.71. The standard InChI is InChI=1S/C28H33N7O5/c1-4-34-25-20(17-29-27(31-25)30-21-6-8-22(9-7-21)33-10-12-39-13-11-33)18-35(28(34)37)23-14-19(15-24(16-23)38-3)26(36)32-40-5-2/h6-9,14-17H,4-5,10-13,18H2,1-3H3,(H,32,36)(H,29,30,31). The minimum Gasteiger partial charge on any atom is -0.497 e. The van der Waals surface area contributed by atoms with Crippen LogP contribution in [-0.4, -0.2) is 68.5 Å². The third-order valence-corrected chi connectivity index (χ3v) is 6.71. The second kappa shape index (κ2) is 12.2. The van der Waals surface area contributed by atoms with Crippen molar-refractivity contribution in [2.24, 2.45) is 0 Å². The number of aromatic nitrogens is 2. The number of hydrogen-bond donors (Lipinski definition) is 2. The molecule has 40 heavy (non-hydrogen) atoms. The number of methoxy groups -OCH3 is 1. The van der Waals surface area contributed by atoms with E-state index >= 15 is 0 Å². The normalized spacial score (nSPS) is 15.1. The van der Waals surface area contributed by atoms with Crippen LogP contribution in [0.3, 0.4) is 0 Å². The van der Waals surface area contributed by atoms with E-state index in [0.29, 0.717) is 41.9 Å². The fourth-order valence-electron chi connectivity index (χ4n) is 4.66. The molecule has 0 saturated carbocycles. The minimum absolute atomic E-state index is 0.235. The van der Waals surface area contributed by atoms with Crippen LogP contribution >= 0.6 is 0 Å². The van der Waals surface area contributed by atoms with Gasteiger partial charge in [0, 0.05) is 54.4 Å². The maximum atomic E-state index is 13.6. The molecule has 0 atom stereocenters. The predicted octanol–water partition coefficient (Wildman–Crippen LogP) is 3.71. The molecular formula is C28H33N7O5. The topological polar surface area (TPSA) is 121 Å². The van der Waals surface area contributed by atoms with Crippen LogP contribution in [0.15, 0.2) is 48.7 Å². The quantitative estimate of drug-likeness (QED) is 0.386. The van der Waals surface area contributed by atoms with E-state index in [-0.39, 0.29) is 12.6 Å². The SMILES string of the molecule is CCONC(=O)c1cc(OC)cc(N2Cc3cnc(Nc4ccc(N5CCOCC5)cc4)nc3N(CC)C2=O)c1. The van der Waals surface area contributed by atoms with Crippen molar-refractivity contribution in [3.8, 4) is 5.75 Å². The molecule has 3 amide bonds. The number of ether oxygens (including phenoxy) is 2. The van der Waals surface area contributed by atoms with Crippen LogP contribution in [-0.2, 0) is 16.1 Å². The van der Waals surface area contributed by atoms with Crippen molar-refractivity contribution < 1.29 is 23.9 Å². The zero-order valence-electron chi connectivity index (χ0n) is 22.8. The summed E-state index contributed by atoms with van der Waals surface area (Å²) < 4.78 is 10.8. The Kier molecular flexibility index (Phi) is 8.27. The van der Waals surface area contributed by atoms with E-state index in [2.05, 4.69) is 37.8 Å². The Labute approximate surface area is 232 Å². The highest BCUT2D eigenvalue weighted by atomic mass is 16.6. The van der Waals surface area contributed by atoms with Gasteiger partial charge >= 0.3 is 6.03 Å². The smallest absolute Gasteiger partial charge is 0.330 e. The molecule has 12 nitrogen and oxygen atoms in total. The lowest BCUT2D eigenvalue weighted by Gasteiger charge is -2.35. The van der Waals surface area contributed by atoms with Crippen LogP contribution < -0.4 is 30.2 Å². The van der Waals surface area contributed by atoms with E-state index in [1.165, 1.54) is 7.11 Å². The lowest BCUT2D eigenvalue weighted by atomic mass is 10.1.